The minimum Gasteiger partial charge on any atom is -0.378 e. The highest BCUT2D eigenvalue weighted by molar-refractivity contribution is 5.10. The van der Waals surface area contributed by atoms with Gasteiger partial charge in [0.1, 0.15) is 5.54 Å². The lowest BCUT2D eigenvalue weighted by molar-refractivity contribution is -0.00322. The van der Waals surface area contributed by atoms with Crippen LogP contribution >= 0.6 is 0 Å². The van der Waals surface area contributed by atoms with E-state index in [9.17, 15) is 5.26 Å². The first-order chi connectivity index (χ1) is 7.62. The van der Waals surface area contributed by atoms with E-state index in [2.05, 4.69) is 32.2 Å². The fraction of sp³-hybridized carbons (Fsp3) is 0.923. The molecule has 0 aromatic heterocycles. The average molecular weight is 224 g/mol. The van der Waals surface area contributed by atoms with Crippen molar-refractivity contribution >= 4 is 0 Å². The van der Waals surface area contributed by atoms with Gasteiger partial charge in [0, 0.05) is 13.0 Å². The maximum Gasteiger partial charge on any atom is 0.109 e. The van der Waals surface area contributed by atoms with E-state index in [-0.39, 0.29) is 11.6 Å². The predicted molar refractivity (Wildman–Crippen MR) is 65.1 cm³/mol. The minimum atomic E-state index is -0.339. The van der Waals surface area contributed by atoms with Crippen molar-refractivity contribution in [2.24, 2.45) is 5.92 Å². The van der Waals surface area contributed by atoms with E-state index >= 15 is 0 Å². The molecule has 2 unspecified atom stereocenters. The number of ether oxygens (including phenoxy) is 1. The lowest BCUT2D eigenvalue weighted by Crippen LogP contribution is -2.49. The molecule has 0 spiro atoms. The van der Waals surface area contributed by atoms with E-state index in [0.29, 0.717) is 5.92 Å². The fourth-order valence-electron chi connectivity index (χ4n) is 2.34. The number of nitrogens with zero attached hydrogens (tertiary/aromatic N) is 1. The molecule has 1 fully saturated rings. The van der Waals surface area contributed by atoms with Crippen molar-refractivity contribution < 1.29 is 4.74 Å². The van der Waals surface area contributed by atoms with Crippen molar-refractivity contribution in [3.8, 4) is 6.07 Å². The Morgan fingerprint density at radius 3 is 2.88 bits per heavy atom. The van der Waals surface area contributed by atoms with Gasteiger partial charge in [-0.25, -0.2) is 0 Å². The molecule has 1 N–H and O–H groups in total. The molecule has 3 nitrogen and oxygen atoms in total. The Labute approximate surface area is 99.2 Å². The molecule has 0 aromatic rings. The second-order valence-corrected chi connectivity index (χ2v) is 5.17. The smallest absolute Gasteiger partial charge is 0.109 e. The fourth-order valence-corrected chi connectivity index (χ4v) is 2.34. The summed E-state index contributed by atoms with van der Waals surface area (Å²) in [5, 5.41) is 12.6. The van der Waals surface area contributed by atoms with Crippen LogP contribution in [0, 0.1) is 17.2 Å². The van der Waals surface area contributed by atoms with E-state index in [1.165, 1.54) is 0 Å². The van der Waals surface area contributed by atoms with Crippen LogP contribution in [0.2, 0.25) is 0 Å². The highest BCUT2D eigenvalue weighted by Crippen LogP contribution is 2.29. The Kier molecular flexibility index (Phi) is 5.24. The average Bonchev–Trinajstić information content (AvgIpc) is 2.27. The molecular formula is C13H24N2O. The zero-order valence-corrected chi connectivity index (χ0v) is 10.8. The van der Waals surface area contributed by atoms with Crippen LogP contribution in [0.4, 0.5) is 0 Å². The molecule has 0 heterocycles. The first-order valence-corrected chi connectivity index (χ1v) is 6.40. The molecule has 1 aliphatic carbocycles. The van der Waals surface area contributed by atoms with Crippen molar-refractivity contribution in [2.75, 3.05) is 13.2 Å². The Hall–Kier alpha value is -0.590. The molecule has 16 heavy (non-hydrogen) atoms. The summed E-state index contributed by atoms with van der Waals surface area (Å²) in [5.41, 5.74) is -0.339. The van der Waals surface area contributed by atoms with Gasteiger partial charge in [-0.05, 0) is 31.7 Å². The first kappa shape index (κ1) is 13.5. The lowest BCUT2D eigenvalue weighted by atomic mass is 9.81. The second-order valence-electron chi connectivity index (χ2n) is 5.17. The van der Waals surface area contributed by atoms with Crippen molar-refractivity contribution in [1.29, 1.82) is 5.26 Å². The highest BCUT2D eigenvalue weighted by atomic mass is 16.5. The third-order valence-electron chi connectivity index (χ3n) is 3.10. The molecule has 0 radical (unpaired) electrons. The standard InChI is InChI=1S/C13H24N2O/c1-4-15-13(10-14)7-5-6-12(8-13)16-9-11(2)3/h11-12,15H,4-9H2,1-3H3. The van der Waals surface area contributed by atoms with Gasteiger partial charge in [0.2, 0.25) is 0 Å². The van der Waals surface area contributed by atoms with E-state index in [4.69, 9.17) is 4.74 Å². The van der Waals surface area contributed by atoms with Gasteiger partial charge in [-0.1, -0.05) is 20.8 Å². The normalized spacial score (nSPS) is 30.3. The van der Waals surface area contributed by atoms with E-state index in [1.54, 1.807) is 0 Å². The highest BCUT2D eigenvalue weighted by Gasteiger charge is 2.36. The van der Waals surface area contributed by atoms with Crippen LogP contribution in [0.15, 0.2) is 0 Å². The van der Waals surface area contributed by atoms with Gasteiger partial charge in [0.15, 0.2) is 0 Å². The first-order valence-electron chi connectivity index (χ1n) is 6.40. The monoisotopic (exact) mass is 224 g/mol. The molecular weight excluding hydrogens is 200 g/mol. The summed E-state index contributed by atoms with van der Waals surface area (Å²) in [4.78, 5) is 0. The molecule has 1 saturated carbocycles. The van der Waals surface area contributed by atoms with Crippen LogP contribution in [-0.4, -0.2) is 24.8 Å². The summed E-state index contributed by atoms with van der Waals surface area (Å²) < 4.78 is 5.86. The predicted octanol–water partition coefficient (Wildman–Crippen LogP) is 2.47. The molecule has 3 heteroatoms. The van der Waals surface area contributed by atoms with Crippen molar-refractivity contribution in [3.63, 3.8) is 0 Å². The van der Waals surface area contributed by atoms with Crippen LogP contribution in [-0.2, 0) is 4.74 Å². The molecule has 1 aliphatic rings. The van der Waals surface area contributed by atoms with E-state index in [0.717, 1.165) is 38.8 Å². The van der Waals surface area contributed by atoms with Crippen LogP contribution in [0.1, 0.15) is 46.5 Å². The SMILES string of the molecule is CCNC1(C#N)CCCC(OCC(C)C)C1. The summed E-state index contributed by atoms with van der Waals surface area (Å²) in [6, 6.07) is 2.44. The van der Waals surface area contributed by atoms with Crippen molar-refractivity contribution in [2.45, 2.75) is 58.1 Å². The molecule has 0 saturated heterocycles. The van der Waals surface area contributed by atoms with Crippen molar-refractivity contribution in [1.82, 2.24) is 5.32 Å². The number of nitrogens with one attached hydrogen (secondary N) is 1. The van der Waals surface area contributed by atoms with Gasteiger partial charge >= 0.3 is 0 Å². The van der Waals surface area contributed by atoms with Gasteiger partial charge in [-0.2, -0.15) is 5.26 Å². The van der Waals surface area contributed by atoms with Gasteiger partial charge in [0.25, 0.3) is 0 Å². The molecule has 0 aromatic carbocycles. The second kappa shape index (κ2) is 6.22. The largest absolute Gasteiger partial charge is 0.378 e. The molecule has 2 atom stereocenters. The third-order valence-corrected chi connectivity index (χ3v) is 3.10. The summed E-state index contributed by atoms with van der Waals surface area (Å²) in [6.07, 6.45) is 4.24. The molecule has 0 amide bonds. The number of rotatable bonds is 5. The van der Waals surface area contributed by atoms with Crippen LogP contribution < -0.4 is 5.32 Å². The third kappa shape index (κ3) is 3.77. The Morgan fingerprint density at radius 1 is 1.56 bits per heavy atom. The van der Waals surface area contributed by atoms with Gasteiger partial charge in [-0.15, -0.1) is 0 Å². The zero-order valence-electron chi connectivity index (χ0n) is 10.8. The molecule has 1 rings (SSSR count). The van der Waals surface area contributed by atoms with Gasteiger partial charge in [0.05, 0.1) is 12.2 Å². The Morgan fingerprint density at radius 2 is 2.31 bits per heavy atom. The maximum atomic E-state index is 9.30. The lowest BCUT2D eigenvalue weighted by Gasteiger charge is -2.36. The number of hydrogen-bond acceptors (Lipinski definition) is 3. The zero-order chi connectivity index (χ0) is 12.0. The quantitative estimate of drug-likeness (QED) is 0.780. The molecule has 0 aliphatic heterocycles. The van der Waals surface area contributed by atoms with Crippen LogP contribution in [0.3, 0.4) is 0 Å². The molecule has 0 bridgehead atoms. The summed E-state index contributed by atoms with van der Waals surface area (Å²) >= 11 is 0. The van der Waals surface area contributed by atoms with E-state index in [1.807, 2.05) is 0 Å². The Balaban J connectivity index is 2.48. The van der Waals surface area contributed by atoms with Crippen LogP contribution in [0.5, 0.6) is 0 Å². The van der Waals surface area contributed by atoms with Gasteiger partial charge in [-0.3, -0.25) is 5.32 Å². The number of hydrogen-bond donors (Lipinski definition) is 1. The van der Waals surface area contributed by atoms with Crippen LogP contribution in [0.25, 0.3) is 0 Å². The number of nitriles is 1. The maximum absolute atomic E-state index is 9.30. The van der Waals surface area contributed by atoms with E-state index < -0.39 is 0 Å². The summed E-state index contributed by atoms with van der Waals surface area (Å²) in [7, 11) is 0. The Bertz CT molecular complexity index is 243. The minimum absolute atomic E-state index is 0.259. The summed E-state index contributed by atoms with van der Waals surface area (Å²) in [6.45, 7) is 8.02. The van der Waals surface area contributed by atoms with Gasteiger partial charge < -0.3 is 4.74 Å². The summed E-state index contributed by atoms with van der Waals surface area (Å²) in [5.74, 6) is 0.567. The molecule has 92 valence electrons. The van der Waals surface area contributed by atoms with Crippen molar-refractivity contribution in [3.05, 3.63) is 0 Å². The topological polar surface area (TPSA) is 45.0 Å².